The van der Waals surface area contributed by atoms with Crippen molar-refractivity contribution in [2.75, 3.05) is 31.7 Å². The maximum absolute atomic E-state index is 9.14. The largest absolute Gasteiger partial charge is 0.390 e. The number of ether oxygens (including phenoxy) is 1. The molecule has 0 aliphatic carbocycles. The van der Waals surface area contributed by atoms with Crippen molar-refractivity contribution >= 4 is 17.4 Å². The summed E-state index contributed by atoms with van der Waals surface area (Å²) in [5.74, 6) is 1.45. The lowest BCUT2D eigenvalue weighted by atomic mass is 10.1. The number of hydrogen-bond acceptors (Lipinski definition) is 4. The maximum atomic E-state index is 9.14. The third kappa shape index (κ3) is 2.89. The molecule has 0 amide bonds. The quantitative estimate of drug-likeness (QED) is 0.891. The Morgan fingerprint density at radius 3 is 3.12 bits per heavy atom. The highest BCUT2D eigenvalue weighted by Gasteiger charge is 2.23. The van der Waals surface area contributed by atoms with Crippen molar-refractivity contribution in [3.63, 3.8) is 0 Å². The van der Waals surface area contributed by atoms with Gasteiger partial charge in [0.2, 0.25) is 0 Å². The van der Waals surface area contributed by atoms with Crippen molar-refractivity contribution in [3.8, 4) is 0 Å². The number of nitrogens with zero attached hydrogens (tertiary/aromatic N) is 2. The van der Waals surface area contributed by atoms with Crippen LogP contribution in [0.5, 0.6) is 0 Å². The summed E-state index contributed by atoms with van der Waals surface area (Å²) in [5, 5.41) is 9.65. The fourth-order valence-corrected chi connectivity index (χ4v) is 2.34. The van der Waals surface area contributed by atoms with Crippen LogP contribution in [0.25, 0.3) is 0 Å². The van der Waals surface area contributed by atoms with E-state index in [0.717, 1.165) is 31.9 Å². The molecule has 1 fully saturated rings. The highest BCUT2D eigenvalue weighted by atomic mass is 35.5. The van der Waals surface area contributed by atoms with Crippen LogP contribution in [0.4, 0.5) is 5.82 Å². The molecular weight excluding hydrogens is 240 g/mol. The summed E-state index contributed by atoms with van der Waals surface area (Å²) in [4.78, 5) is 6.58. The highest BCUT2D eigenvalue weighted by molar-refractivity contribution is 6.31. The number of hydrogen-bond donors (Lipinski definition) is 1. The first-order valence-electron chi connectivity index (χ1n) is 5.74. The standard InChI is InChI=1S/C12H17ClN2O2/c1-17-8-9-4-5-15(6-9)12-3-2-10(13)11(7-16)14-12/h2-3,9,16H,4-8H2,1H3. The first-order valence-corrected chi connectivity index (χ1v) is 6.12. The van der Waals surface area contributed by atoms with Gasteiger partial charge in [0, 0.05) is 26.1 Å². The van der Waals surface area contributed by atoms with E-state index in [1.54, 1.807) is 13.2 Å². The Bertz CT molecular complexity index is 387. The zero-order valence-corrected chi connectivity index (χ0v) is 10.7. The molecule has 2 rings (SSSR count). The van der Waals surface area contributed by atoms with Gasteiger partial charge in [-0.1, -0.05) is 11.6 Å². The van der Waals surface area contributed by atoms with Crippen LogP contribution in [0, 0.1) is 5.92 Å². The molecule has 0 spiro atoms. The van der Waals surface area contributed by atoms with Gasteiger partial charge in [-0.3, -0.25) is 0 Å². The van der Waals surface area contributed by atoms with Gasteiger partial charge in [0.25, 0.3) is 0 Å². The lowest BCUT2D eigenvalue weighted by Crippen LogP contribution is -2.22. The second kappa shape index (κ2) is 5.67. The third-order valence-electron chi connectivity index (χ3n) is 3.07. The van der Waals surface area contributed by atoms with Crippen LogP contribution < -0.4 is 4.90 Å². The van der Waals surface area contributed by atoms with E-state index in [-0.39, 0.29) is 6.61 Å². The predicted octanol–water partition coefficient (Wildman–Crippen LogP) is 1.70. The molecule has 4 nitrogen and oxygen atoms in total. The molecular formula is C12H17ClN2O2. The van der Waals surface area contributed by atoms with E-state index >= 15 is 0 Å². The monoisotopic (exact) mass is 256 g/mol. The van der Waals surface area contributed by atoms with Crippen LogP contribution in [0.1, 0.15) is 12.1 Å². The lowest BCUT2D eigenvalue weighted by molar-refractivity contribution is 0.161. The Hall–Kier alpha value is -0.840. The van der Waals surface area contributed by atoms with E-state index < -0.39 is 0 Å². The smallest absolute Gasteiger partial charge is 0.129 e. The molecule has 1 saturated heterocycles. The minimum atomic E-state index is -0.123. The van der Waals surface area contributed by atoms with Crippen molar-refractivity contribution in [2.24, 2.45) is 5.92 Å². The molecule has 94 valence electrons. The molecule has 0 aromatic carbocycles. The number of aliphatic hydroxyl groups excluding tert-OH is 1. The average Bonchev–Trinajstić information content (AvgIpc) is 2.79. The zero-order valence-electron chi connectivity index (χ0n) is 9.90. The fraction of sp³-hybridized carbons (Fsp3) is 0.583. The minimum absolute atomic E-state index is 0.123. The number of aromatic nitrogens is 1. The van der Waals surface area contributed by atoms with Crippen molar-refractivity contribution in [2.45, 2.75) is 13.0 Å². The van der Waals surface area contributed by atoms with Crippen LogP contribution in [0.3, 0.4) is 0 Å². The van der Waals surface area contributed by atoms with E-state index in [0.29, 0.717) is 16.6 Å². The number of anilines is 1. The SMILES string of the molecule is COCC1CCN(c2ccc(Cl)c(CO)n2)C1. The molecule has 5 heteroatoms. The van der Waals surface area contributed by atoms with Crippen molar-refractivity contribution < 1.29 is 9.84 Å². The van der Waals surface area contributed by atoms with Gasteiger partial charge in [-0.2, -0.15) is 0 Å². The third-order valence-corrected chi connectivity index (χ3v) is 3.41. The topological polar surface area (TPSA) is 45.6 Å². The van der Waals surface area contributed by atoms with Crippen LogP contribution in [0.15, 0.2) is 12.1 Å². The normalized spacial score (nSPS) is 19.9. The molecule has 1 aromatic rings. The van der Waals surface area contributed by atoms with Gasteiger partial charge in [0.1, 0.15) is 5.82 Å². The number of halogens is 1. The summed E-state index contributed by atoms with van der Waals surface area (Å²) in [5.41, 5.74) is 0.541. The minimum Gasteiger partial charge on any atom is -0.390 e. The first kappa shape index (κ1) is 12.6. The second-order valence-corrected chi connectivity index (χ2v) is 4.72. The molecule has 1 aliphatic heterocycles. The van der Waals surface area contributed by atoms with Gasteiger partial charge in [0.15, 0.2) is 0 Å². The molecule has 1 unspecified atom stereocenters. The Morgan fingerprint density at radius 2 is 2.41 bits per heavy atom. The van der Waals surface area contributed by atoms with Crippen LogP contribution in [-0.2, 0) is 11.3 Å². The summed E-state index contributed by atoms with van der Waals surface area (Å²) in [6.45, 7) is 2.60. The van der Waals surface area contributed by atoms with Crippen LogP contribution in [-0.4, -0.2) is 36.9 Å². The molecule has 0 radical (unpaired) electrons. The van der Waals surface area contributed by atoms with Gasteiger partial charge >= 0.3 is 0 Å². The summed E-state index contributed by atoms with van der Waals surface area (Å²) in [6.07, 6.45) is 1.12. The van der Waals surface area contributed by atoms with Gasteiger partial charge in [-0.15, -0.1) is 0 Å². The van der Waals surface area contributed by atoms with E-state index in [9.17, 15) is 0 Å². The Kier molecular flexibility index (Phi) is 4.20. The fourth-order valence-electron chi connectivity index (χ4n) is 2.17. The number of aliphatic hydroxyl groups is 1. The van der Waals surface area contributed by atoms with Gasteiger partial charge in [0.05, 0.1) is 23.9 Å². The highest BCUT2D eigenvalue weighted by Crippen LogP contribution is 2.25. The second-order valence-electron chi connectivity index (χ2n) is 4.31. The van der Waals surface area contributed by atoms with E-state index in [4.69, 9.17) is 21.4 Å². The van der Waals surface area contributed by atoms with Crippen molar-refractivity contribution in [1.82, 2.24) is 4.98 Å². The number of rotatable bonds is 4. The molecule has 17 heavy (non-hydrogen) atoms. The molecule has 0 saturated carbocycles. The molecule has 1 N–H and O–H groups in total. The summed E-state index contributed by atoms with van der Waals surface area (Å²) in [6, 6.07) is 3.69. The Balaban J connectivity index is 2.08. The molecule has 2 heterocycles. The molecule has 1 atom stereocenters. The first-order chi connectivity index (χ1) is 8.24. The molecule has 1 aliphatic rings. The predicted molar refractivity (Wildman–Crippen MR) is 67.4 cm³/mol. The van der Waals surface area contributed by atoms with E-state index in [2.05, 4.69) is 9.88 Å². The summed E-state index contributed by atoms with van der Waals surface area (Å²) >= 11 is 5.92. The van der Waals surface area contributed by atoms with Crippen LogP contribution in [0.2, 0.25) is 5.02 Å². The average molecular weight is 257 g/mol. The van der Waals surface area contributed by atoms with Crippen molar-refractivity contribution in [1.29, 1.82) is 0 Å². The molecule has 1 aromatic heterocycles. The van der Waals surface area contributed by atoms with Gasteiger partial charge in [-0.25, -0.2) is 4.98 Å². The Labute approximate surface area is 106 Å². The summed E-state index contributed by atoms with van der Waals surface area (Å²) < 4.78 is 5.17. The number of methoxy groups -OCH3 is 1. The number of pyridine rings is 1. The van der Waals surface area contributed by atoms with Crippen molar-refractivity contribution in [3.05, 3.63) is 22.8 Å². The van der Waals surface area contributed by atoms with Gasteiger partial charge in [-0.05, 0) is 18.6 Å². The van der Waals surface area contributed by atoms with E-state index in [1.807, 2.05) is 6.07 Å². The van der Waals surface area contributed by atoms with Crippen LogP contribution >= 0.6 is 11.6 Å². The summed E-state index contributed by atoms with van der Waals surface area (Å²) in [7, 11) is 1.73. The zero-order chi connectivity index (χ0) is 12.3. The van der Waals surface area contributed by atoms with E-state index in [1.165, 1.54) is 0 Å². The Morgan fingerprint density at radius 1 is 1.59 bits per heavy atom. The lowest BCUT2D eigenvalue weighted by Gasteiger charge is -2.18. The molecule has 0 bridgehead atoms. The van der Waals surface area contributed by atoms with Gasteiger partial charge < -0.3 is 14.7 Å². The maximum Gasteiger partial charge on any atom is 0.129 e.